The number of nitrogens with zero attached hydrogens (tertiary/aromatic N) is 3. The molecule has 1 N–H and O–H groups in total. The van der Waals surface area contributed by atoms with Crippen molar-refractivity contribution >= 4 is 17.4 Å². The van der Waals surface area contributed by atoms with Gasteiger partial charge in [-0.3, -0.25) is 4.90 Å². The van der Waals surface area contributed by atoms with Gasteiger partial charge < -0.3 is 15.1 Å². The van der Waals surface area contributed by atoms with Crippen LogP contribution in [0.5, 0.6) is 0 Å². The van der Waals surface area contributed by atoms with Crippen LogP contribution in [0.4, 0.5) is 4.79 Å². The molecule has 1 saturated heterocycles. The van der Waals surface area contributed by atoms with E-state index >= 15 is 0 Å². The maximum atomic E-state index is 12.9. The molecule has 2 amide bonds. The van der Waals surface area contributed by atoms with E-state index in [2.05, 4.69) is 57.9 Å². The number of carbonyl (C=O) groups is 1. The number of carbonyl (C=O) groups excluding carboxylic acids is 1. The molecule has 1 aromatic carbocycles. The standard InChI is InChI=1S/C21H28N4OS/c1-23-12-13-25(19(16-23)17-5-3-2-4-6-17)21(26)22-9-11-24-10-7-20-18(15-24)8-14-27-20/h2-6,8,14,19H,7,9-13,15-16H2,1H3,(H,22,26). The first kappa shape index (κ1) is 18.5. The van der Waals surface area contributed by atoms with Crippen LogP contribution in [0.25, 0.3) is 0 Å². The third kappa shape index (κ3) is 4.34. The Morgan fingerprint density at radius 1 is 1.19 bits per heavy atom. The smallest absolute Gasteiger partial charge is 0.318 e. The van der Waals surface area contributed by atoms with Crippen LogP contribution in [0.2, 0.25) is 0 Å². The molecule has 6 heteroatoms. The monoisotopic (exact) mass is 384 g/mol. The van der Waals surface area contributed by atoms with Crippen molar-refractivity contribution in [3.05, 3.63) is 57.8 Å². The van der Waals surface area contributed by atoms with E-state index in [0.717, 1.165) is 45.7 Å². The minimum Gasteiger partial charge on any atom is -0.337 e. The summed E-state index contributed by atoms with van der Waals surface area (Å²) in [6, 6.07) is 12.8. The maximum absolute atomic E-state index is 12.9. The van der Waals surface area contributed by atoms with Gasteiger partial charge in [0.1, 0.15) is 0 Å². The highest BCUT2D eigenvalue weighted by atomic mass is 32.1. The number of hydrogen-bond acceptors (Lipinski definition) is 4. The molecule has 0 bridgehead atoms. The van der Waals surface area contributed by atoms with Crippen LogP contribution in [0.1, 0.15) is 22.0 Å². The van der Waals surface area contributed by atoms with Crippen molar-refractivity contribution in [2.24, 2.45) is 0 Å². The van der Waals surface area contributed by atoms with Gasteiger partial charge in [-0.05, 0) is 36.0 Å². The van der Waals surface area contributed by atoms with Gasteiger partial charge in [-0.2, -0.15) is 0 Å². The molecule has 0 radical (unpaired) electrons. The van der Waals surface area contributed by atoms with E-state index in [9.17, 15) is 4.79 Å². The normalized spacial score (nSPS) is 21.1. The van der Waals surface area contributed by atoms with Gasteiger partial charge in [0, 0.05) is 50.7 Å². The van der Waals surface area contributed by atoms with Crippen molar-refractivity contribution in [2.75, 3.05) is 46.3 Å². The van der Waals surface area contributed by atoms with Crippen molar-refractivity contribution in [1.82, 2.24) is 20.0 Å². The Hall–Kier alpha value is -1.89. The van der Waals surface area contributed by atoms with E-state index < -0.39 is 0 Å². The molecule has 1 unspecified atom stereocenters. The van der Waals surface area contributed by atoms with Crippen molar-refractivity contribution in [3.63, 3.8) is 0 Å². The molecule has 0 saturated carbocycles. The minimum absolute atomic E-state index is 0.0604. The lowest BCUT2D eigenvalue weighted by atomic mass is 10.0. The zero-order valence-electron chi connectivity index (χ0n) is 15.9. The van der Waals surface area contributed by atoms with E-state index in [1.165, 1.54) is 16.0 Å². The van der Waals surface area contributed by atoms with Crippen LogP contribution in [-0.4, -0.2) is 67.0 Å². The summed E-state index contributed by atoms with van der Waals surface area (Å²) in [4.78, 5) is 21.1. The molecule has 2 aliphatic heterocycles. The fourth-order valence-electron chi connectivity index (χ4n) is 4.04. The number of benzene rings is 1. The summed E-state index contributed by atoms with van der Waals surface area (Å²) in [5.74, 6) is 0. The van der Waals surface area contributed by atoms with Gasteiger partial charge in [-0.15, -0.1) is 11.3 Å². The van der Waals surface area contributed by atoms with Gasteiger partial charge in [0.15, 0.2) is 0 Å². The minimum atomic E-state index is 0.0604. The Bertz CT molecular complexity index is 763. The second-order valence-corrected chi connectivity index (χ2v) is 8.51. The third-order valence-electron chi connectivity index (χ3n) is 5.62. The first-order chi connectivity index (χ1) is 13.2. The molecule has 5 nitrogen and oxygen atoms in total. The molecular formula is C21H28N4OS. The Morgan fingerprint density at radius 2 is 2.04 bits per heavy atom. The van der Waals surface area contributed by atoms with Gasteiger partial charge >= 0.3 is 6.03 Å². The van der Waals surface area contributed by atoms with Crippen molar-refractivity contribution in [3.8, 4) is 0 Å². The zero-order valence-corrected chi connectivity index (χ0v) is 16.8. The van der Waals surface area contributed by atoms with Crippen molar-refractivity contribution in [2.45, 2.75) is 19.0 Å². The first-order valence-electron chi connectivity index (χ1n) is 9.76. The van der Waals surface area contributed by atoms with Gasteiger partial charge in [0.2, 0.25) is 0 Å². The quantitative estimate of drug-likeness (QED) is 0.881. The number of amides is 2. The number of thiophene rings is 1. The molecule has 0 spiro atoms. The summed E-state index contributed by atoms with van der Waals surface area (Å²) in [6.07, 6.45) is 1.13. The molecule has 27 heavy (non-hydrogen) atoms. The lowest BCUT2D eigenvalue weighted by molar-refractivity contribution is 0.108. The zero-order chi connectivity index (χ0) is 18.6. The number of rotatable bonds is 4. The van der Waals surface area contributed by atoms with Gasteiger partial charge in [-0.1, -0.05) is 30.3 Å². The van der Waals surface area contributed by atoms with E-state index in [-0.39, 0.29) is 12.1 Å². The Morgan fingerprint density at radius 3 is 2.89 bits per heavy atom. The lowest BCUT2D eigenvalue weighted by Gasteiger charge is -2.40. The SMILES string of the molecule is CN1CCN(C(=O)NCCN2CCc3sccc3C2)C(c2ccccc2)C1. The third-order valence-corrected chi connectivity index (χ3v) is 6.64. The van der Waals surface area contributed by atoms with Gasteiger partial charge in [0.05, 0.1) is 6.04 Å². The predicted octanol–water partition coefficient (Wildman–Crippen LogP) is 2.80. The van der Waals surface area contributed by atoms with Crippen LogP contribution < -0.4 is 5.32 Å². The number of nitrogens with one attached hydrogen (secondary N) is 1. The average Bonchev–Trinajstić information content (AvgIpc) is 3.16. The largest absolute Gasteiger partial charge is 0.337 e. The fourth-order valence-corrected chi connectivity index (χ4v) is 4.93. The van der Waals surface area contributed by atoms with Crippen LogP contribution in [-0.2, 0) is 13.0 Å². The van der Waals surface area contributed by atoms with Crippen LogP contribution in [0.15, 0.2) is 41.8 Å². The highest BCUT2D eigenvalue weighted by molar-refractivity contribution is 7.10. The van der Waals surface area contributed by atoms with E-state index in [1.54, 1.807) is 0 Å². The summed E-state index contributed by atoms with van der Waals surface area (Å²) >= 11 is 1.87. The summed E-state index contributed by atoms with van der Waals surface area (Å²) in [7, 11) is 2.13. The van der Waals surface area contributed by atoms with E-state index in [1.807, 2.05) is 22.3 Å². The molecule has 2 aromatic rings. The molecule has 4 rings (SSSR count). The molecular weight excluding hydrogens is 356 g/mol. The second-order valence-electron chi connectivity index (χ2n) is 7.51. The Labute approximate surface area is 165 Å². The molecule has 2 aliphatic rings. The van der Waals surface area contributed by atoms with E-state index in [4.69, 9.17) is 0 Å². The Kier molecular flexibility index (Phi) is 5.76. The Balaban J connectivity index is 1.32. The number of piperazine rings is 1. The van der Waals surface area contributed by atoms with Crippen LogP contribution >= 0.6 is 11.3 Å². The number of urea groups is 1. The summed E-state index contributed by atoms with van der Waals surface area (Å²) in [5, 5.41) is 5.35. The molecule has 3 heterocycles. The summed E-state index contributed by atoms with van der Waals surface area (Å²) in [6.45, 7) is 6.27. The maximum Gasteiger partial charge on any atom is 0.318 e. The van der Waals surface area contributed by atoms with Crippen LogP contribution in [0.3, 0.4) is 0 Å². The van der Waals surface area contributed by atoms with E-state index in [0.29, 0.717) is 6.54 Å². The fraction of sp³-hybridized carbons (Fsp3) is 0.476. The number of likely N-dealkylation sites (N-methyl/N-ethyl adjacent to an activating group) is 1. The molecule has 1 aromatic heterocycles. The van der Waals surface area contributed by atoms with Crippen molar-refractivity contribution in [1.29, 1.82) is 0 Å². The molecule has 1 atom stereocenters. The molecule has 1 fully saturated rings. The molecule has 0 aliphatic carbocycles. The van der Waals surface area contributed by atoms with Gasteiger partial charge in [-0.25, -0.2) is 4.79 Å². The second kappa shape index (κ2) is 8.42. The van der Waals surface area contributed by atoms with Crippen molar-refractivity contribution < 1.29 is 4.79 Å². The number of fused-ring (bicyclic) bond motifs is 1. The van der Waals surface area contributed by atoms with Crippen LogP contribution in [0, 0.1) is 0 Å². The number of hydrogen-bond donors (Lipinski definition) is 1. The highest BCUT2D eigenvalue weighted by Gasteiger charge is 2.30. The lowest BCUT2D eigenvalue weighted by Crippen LogP contribution is -2.53. The first-order valence-corrected chi connectivity index (χ1v) is 10.6. The van der Waals surface area contributed by atoms with Gasteiger partial charge in [0.25, 0.3) is 0 Å². The summed E-state index contributed by atoms with van der Waals surface area (Å²) < 4.78 is 0. The molecule has 144 valence electrons. The summed E-state index contributed by atoms with van der Waals surface area (Å²) in [5.41, 5.74) is 2.67. The highest BCUT2D eigenvalue weighted by Crippen LogP contribution is 2.25. The average molecular weight is 385 g/mol. The predicted molar refractivity (Wildman–Crippen MR) is 110 cm³/mol. The topological polar surface area (TPSA) is 38.8 Å².